The van der Waals surface area contributed by atoms with Crippen molar-refractivity contribution in [2.24, 2.45) is 0 Å². The Labute approximate surface area is 567 Å². The second-order valence-corrected chi connectivity index (χ2v) is 26.4. The van der Waals surface area contributed by atoms with E-state index in [1.807, 2.05) is 24.3 Å². The molecule has 0 radical (unpaired) electrons. The minimum atomic E-state index is -1.01. The summed E-state index contributed by atoms with van der Waals surface area (Å²) in [5, 5.41) is 57.5. The Kier molecular flexibility index (Phi) is 35.6. The van der Waals surface area contributed by atoms with Crippen LogP contribution in [-0.2, 0) is 47.7 Å². The maximum absolute atomic E-state index is 11.8. The molecule has 532 valence electrons. The van der Waals surface area contributed by atoms with Crippen molar-refractivity contribution in [3.63, 3.8) is 0 Å². The van der Waals surface area contributed by atoms with Gasteiger partial charge in [-0.1, -0.05) is 133 Å². The van der Waals surface area contributed by atoms with Crippen molar-refractivity contribution < 1.29 is 102 Å². The number of benzene rings is 5. The normalized spacial score (nSPS) is 12.5. The zero-order valence-electron chi connectivity index (χ0n) is 58.0. The Balaban J connectivity index is 0.000000607. The number of amides is 5. The third-order valence-corrected chi connectivity index (χ3v) is 11.7. The van der Waals surface area contributed by atoms with Crippen LogP contribution in [0.25, 0.3) is 0 Å². The van der Waals surface area contributed by atoms with Crippen LogP contribution < -0.4 is 31.3 Å². The number of hydrogen-bond donors (Lipinski definition) is 10. The van der Waals surface area contributed by atoms with Gasteiger partial charge < -0.3 is 80.5 Å². The zero-order valence-corrected chi connectivity index (χ0v) is 58.0. The summed E-state index contributed by atoms with van der Waals surface area (Å²) in [6.07, 6.45) is -4.15. The van der Waals surface area contributed by atoms with E-state index >= 15 is 0 Å². The lowest BCUT2D eigenvalue weighted by Crippen LogP contribution is -2.35. The second-order valence-electron chi connectivity index (χ2n) is 26.4. The van der Waals surface area contributed by atoms with Gasteiger partial charge in [0.05, 0.1) is 69.4 Å². The van der Waals surface area contributed by atoms with Crippen molar-refractivity contribution in [3.8, 4) is 5.75 Å². The van der Waals surface area contributed by atoms with Gasteiger partial charge in [-0.25, -0.2) is 24.0 Å². The van der Waals surface area contributed by atoms with E-state index < -0.39 is 119 Å². The molecule has 97 heavy (non-hydrogen) atoms. The van der Waals surface area contributed by atoms with Crippen LogP contribution in [0.4, 0.5) is 24.0 Å². The van der Waals surface area contributed by atoms with Gasteiger partial charge in [0.2, 0.25) is 0 Å². The van der Waals surface area contributed by atoms with Gasteiger partial charge in [0, 0.05) is 0 Å². The Bertz CT molecular complexity index is 2920. The number of ether oxygens (including phenoxy) is 6. The van der Waals surface area contributed by atoms with E-state index in [0.717, 1.165) is 22.3 Å². The molecular weight excluding hydrogens is 1260 g/mol. The highest BCUT2D eigenvalue weighted by molar-refractivity contribution is 5.75. The largest absolute Gasteiger partial charge is 0.497 e. The fraction of sp³-hybridized carbons (Fsp3) is 0.437. The van der Waals surface area contributed by atoms with Gasteiger partial charge in [0.25, 0.3) is 0 Å². The van der Waals surface area contributed by atoms with E-state index in [1.54, 1.807) is 225 Å². The minimum Gasteiger partial charge on any atom is -0.497 e. The molecular formula is C71H97N5O21. The number of hydrogen-bond acceptors (Lipinski definition) is 16. The number of carboxylic acid groups (broad SMARTS) is 5. The van der Waals surface area contributed by atoms with Crippen molar-refractivity contribution in [1.29, 1.82) is 0 Å². The molecule has 0 saturated heterocycles. The number of carboxylic acids is 5. The first-order valence-electron chi connectivity index (χ1n) is 30.7. The fourth-order valence-electron chi connectivity index (χ4n) is 7.98. The lowest BCUT2D eigenvalue weighted by molar-refractivity contribution is -0.138. The topological polar surface area (TPSA) is 387 Å². The first kappa shape index (κ1) is 84.6. The van der Waals surface area contributed by atoms with E-state index in [9.17, 15) is 47.9 Å². The molecule has 5 aromatic carbocycles. The highest BCUT2D eigenvalue weighted by Gasteiger charge is 2.28. The first-order valence-corrected chi connectivity index (χ1v) is 30.7. The molecule has 5 unspecified atom stereocenters. The van der Waals surface area contributed by atoms with Crippen LogP contribution in [0.15, 0.2) is 146 Å². The number of aliphatic carboxylic acids is 5. The SMILES string of the molecule is CC(C)(C)OC(=O)NC(CC(=O)O)c1ccccc1.CC(C)(C)OC(=O)NC(CC(=O)O)c1ccccc1.CC(C)(C)OC(=O)NC(CC(=O)O)c1ccccc1.CC(C)(C)OC(=O)NC(CC(=O)O)c1ccccc1.COc1cccc(C(CC(=O)O)NC(=O)OC(C)(C)C)c1. The van der Waals surface area contributed by atoms with E-state index in [2.05, 4.69) is 26.6 Å². The van der Waals surface area contributed by atoms with Crippen LogP contribution in [0.3, 0.4) is 0 Å². The molecule has 0 aliphatic rings. The number of alkyl carbamates (subject to hydrolysis) is 5. The summed E-state index contributed by atoms with van der Waals surface area (Å²) in [4.78, 5) is 113. The van der Waals surface area contributed by atoms with E-state index in [1.165, 1.54) is 7.11 Å². The molecule has 0 aliphatic carbocycles. The molecule has 0 aromatic heterocycles. The first-order chi connectivity index (χ1) is 44.8. The molecule has 0 aliphatic heterocycles. The summed E-state index contributed by atoms with van der Waals surface area (Å²) in [7, 11) is 1.52. The molecule has 0 bridgehead atoms. The van der Waals surface area contributed by atoms with Gasteiger partial charge in [0.15, 0.2) is 0 Å². The standard InChI is InChI=1S/C15H21NO5.4C14H19NO4/c1-15(2,3)21-14(19)16-12(9-13(17)18)10-6-5-7-11(8-10)20-4;4*1-14(2,3)19-13(18)15-11(9-12(16)17)10-7-5-4-6-8-10/h5-8,12H,9H2,1-4H3,(H,16,19)(H,17,18);4*4-8,11H,9H2,1-3H3,(H,15,18)(H,16,17). The maximum Gasteiger partial charge on any atom is 0.408 e. The van der Waals surface area contributed by atoms with Gasteiger partial charge in [-0.05, 0) is 144 Å². The van der Waals surface area contributed by atoms with Crippen LogP contribution in [0.5, 0.6) is 5.75 Å². The van der Waals surface area contributed by atoms with Crippen LogP contribution in [0.2, 0.25) is 0 Å². The third-order valence-electron chi connectivity index (χ3n) is 11.7. The molecule has 5 amide bonds. The summed E-state index contributed by atoms with van der Waals surface area (Å²) in [6.45, 7) is 26.2. The third kappa shape index (κ3) is 42.5. The summed E-state index contributed by atoms with van der Waals surface area (Å²) < 4.78 is 30.8. The quantitative estimate of drug-likeness (QED) is 0.0305. The molecule has 0 fully saturated rings. The van der Waals surface area contributed by atoms with Gasteiger partial charge >= 0.3 is 60.3 Å². The van der Waals surface area contributed by atoms with Crippen LogP contribution in [0.1, 0.15) is 194 Å². The van der Waals surface area contributed by atoms with Crippen molar-refractivity contribution in [3.05, 3.63) is 173 Å². The summed E-state index contributed by atoms with van der Waals surface area (Å²) in [5.74, 6) is -4.35. The van der Waals surface area contributed by atoms with Crippen molar-refractivity contribution in [2.75, 3.05) is 7.11 Å². The minimum absolute atomic E-state index is 0.191. The number of carbonyl (C=O) groups excluding carboxylic acids is 5. The Hall–Kier alpha value is -10.4. The van der Waals surface area contributed by atoms with E-state index in [0.29, 0.717) is 11.3 Å². The molecule has 0 saturated carbocycles. The summed E-state index contributed by atoms with van der Waals surface area (Å²) in [5.41, 5.74) is 0.457. The van der Waals surface area contributed by atoms with Gasteiger partial charge in [-0.15, -0.1) is 0 Å². The number of carbonyl (C=O) groups is 10. The average molecular weight is 1360 g/mol. The number of rotatable bonds is 21. The lowest BCUT2D eigenvalue weighted by Gasteiger charge is -2.23. The van der Waals surface area contributed by atoms with Crippen LogP contribution in [-0.4, -0.2) is 121 Å². The average Bonchev–Trinajstić information content (AvgIpc) is 0.929. The molecule has 26 heteroatoms. The molecule has 26 nitrogen and oxygen atoms in total. The van der Waals surface area contributed by atoms with Gasteiger partial charge in [0.1, 0.15) is 33.8 Å². The Morgan fingerprint density at radius 1 is 0.289 bits per heavy atom. The van der Waals surface area contributed by atoms with E-state index in [4.69, 9.17) is 54.0 Å². The summed E-state index contributed by atoms with van der Waals surface area (Å²) >= 11 is 0. The molecule has 5 rings (SSSR count). The Morgan fingerprint density at radius 3 is 0.629 bits per heavy atom. The lowest BCUT2D eigenvalue weighted by atomic mass is 10.0. The predicted molar refractivity (Wildman–Crippen MR) is 361 cm³/mol. The van der Waals surface area contributed by atoms with Crippen LogP contribution in [0, 0.1) is 0 Å². The van der Waals surface area contributed by atoms with E-state index in [-0.39, 0.29) is 32.1 Å². The second kappa shape index (κ2) is 40.8. The molecule has 5 aromatic rings. The summed E-state index contributed by atoms with van der Waals surface area (Å²) in [6, 6.07) is 39.6. The smallest absolute Gasteiger partial charge is 0.408 e. The van der Waals surface area contributed by atoms with Crippen molar-refractivity contribution >= 4 is 60.3 Å². The molecule has 5 atom stereocenters. The molecule has 10 N–H and O–H groups in total. The van der Waals surface area contributed by atoms with Gasteiger partial charge in [-0.2, -0.15) is 0 Å². The fourth-order valence-corrected chi connectivity index (χ4v) is 7.98. The van der Waals surface area contributed by atoms with Crippen LogP contribution >= 0.6 is 0 Å². The maximum atomic E-state index is 11.8. The Morgan fingerprint density at radius 2 is 0.464 bits per heavy atom. The predicted octanol–water partition coefficient (Wildman–Crippen LogP) is 13.6. The highest BCUT2D eigenvalue weighted by atomic mass is 16.6. The highest BCUT2D eigenvalue weighted by Crippen LogP contribution is 2.25. The molecule has 0 spiro atoms. The zero-order chi connectivity index (χ0) is 73.9. The van der Waals surface area contributed by atoms with Gasteiger partial charge in [-0.3, -0.25) is 24.0 Å². The van der Waals surface area contributed by atoms with Crippen molar-refractivity contribution in [2.45, 2.75) is 194 Å². The number of methoxy groups -OCH3 is 1. The van der Waals surface area contributed by atoms with Crippen molar-refractivity contribution in [1.82, 2.24) is 26.6 Å². The number of nitrogens with one attached hydrogen (secondary N) is 5. The monoisotopic (exact) mass is 1360 g/mol. The molecule has 0 heterocycles.